The number of amides is 1. The van der Waals surface area contributed by atoms with E-state index >= 15 is 0 Å². The molecule has 0 spiro atoms. The second kappa shape index (κ2) is 8.59. The van der Waals surface area contributed by atoms with Gasteiger partial charge in [0.05, 0.1) is 6.20 Å². The molecule has 4 nitrogen and oxygen atoms in total. The molecule has 1 aromatic carbocycles. The first-order chi connectivity index (χ1) is 10.2. The van der Waals surface area contributed by atoms with Crippen molar-refractivity contribution in [2.24, 2.45) is 11.7 Å². The van der Waals surface area contributed by atoms with E-state index in [4.69, 9.17) is 5.73 Å². The number of carbonyl (C=O) groups is 1. The largest absolute Gasteiger partial charge is 0.347 e. The van der Waals surface area contributed by atoms with E-state index in [1.54, 1.807) is 18.2 Å². The first-order valence-corrected chi connectivity index (χ1v) is 7.72. The van der Waals surface area contributed by atoms with Crippen LogP contribution in [0, 0.1) is 11.7 Å². The Kier molecular flexibility index (Phi) is 7.41. The van der Waals surface area contributed by atoms with Gasteiger partial charge in [-0.05, 0) is 30.9 Å². The molecule has 0 radical (unpaired) electrons. The van der Waals surface area contributed by atoms with Gasteiger partial charge < -0.3 is 11.1 Å². The van der Waals surface area contributed by atoms with Crippen molar-refractivity contribution in [3.8, 4) is 10.6 Å². The van der Waals surface area contributed by atoms with E-state index in [2.05, 4.69) is 10.3 Å². The highest BCUT2D eigenvalue weighted by Gasteiger charge is 2.31. The van der Waals surface area contributed by atoms with Gasteiger partial charge in [0.2, 0.25) is 0 Å². The predicted octanol–water partition coefficient (Wildman–Crippen LogP) is 3.26. The highest BCUT2D eigenvalue weighted by atomic mass is 35.5. The number of rotatable bonds is 5. The summed E-state index contributed by atoms with van der Waals surface area (Å²) in [6, 6.07) is 6.44. The molecule has 3 N–H and O–H groups in total. The van der Waals surface area contributed by atoms with Crippen LogP contribution in [-0.2, 0) is 0 Å². The minimum absolute atomic E-state index is 0. The lowest BCUT2D eigenvalue weighted by Gasteiger charge is -2.14. The first-order valence-electron chi connectivity index (χ1n) is 6.90. The van der Waals surface area contributed by atoms with E-state index in [0.717, 1.165) is 12.8 Å². The van der Waals surface area contributed by atoms with Gasteiger partial charge in [-0.25, -0.2) is 9.37 Å². The lowest BCUT2D eigenvalue weighted by molar-refractivity contribution is 0.0937. The summed E-state index contributed by atoms with van der Waals surface area (Å²) in [6.45, 7) is 0.440. The van der Waals surface area contributed by atoms with Crippen LogP contribution in [0.3, 0.4) is 0 Å². The molecule has 1 fully saturated rings. The van der Waals surface area contributed by atoms with E-state index in [1.165, 1.54) is 23.6 Å². The van der Waals surface area contributed by atoms with E-state index in [9.17, 15) is 9.18 Å². The lowest BCUT2D eigenvalue weighted by Crippen LogP contribution is -2.41. The summed E-state index contributed by atoms with van der Waals surface area (Å²) in [5.74, 6) is -0.0213. The molecule has 1 aliphatic rings. The third-order valence-electron chi connectivity index (χ3n) is 3.60. The second-order valence-corrected chi connectivity index (χ2v) is 6.19. The van der Waals surface area contributed by atoms with Gasteiger partial charge in [-0.1, -0.05) is 12.1 Å². The van der Waals surface area contributed by atoms with Crippen LogP contribution in [0.2, 0.25) is 0 Å². The highest BCUT2D eigenvalue weighted by Crippen LogP contribution is 2.33. The van der Waals surface area contributed by atoms with Crippen LogP contribution < -0.4 is 11.1 Å². The van der Waals surface area contributed by atoms with Crippen molar-refractivity contribution in [2.75, 3.05) is 6.54 Å². The second-order valence-electron chi connectivity index (χ2n) is 5.16. The number of hydrogen-bond donors (Lipinski definition) is 2. The van der Waals surface area contributed by atoms with Gasteiger partial charge in [0.1, 0.15) is 15.7 Å². The molecule has 1 atom stereocenters. The van der Waals surface area contributed by atoms with Crippen molar-refractivity contribution < 1.29 is 9.18 Å². The molecule has 3 rings (SSSR count). The van der Waals surface area contributed by atoms with Gasteiger partial charge >= 0.3 is 0 Å². The average molecular weight is 378 g/mol. The molecule has 1 saturated carbocycles. The molecule has 1 aromatic heterocycles. The van der Waals surface area contributed by atoms with Gasteiger partial charge in [-0.15, -0.1) is 36.2 Å². The third-order valence-corrected chi connectivity index (χ3v) is 4.62. The van der Waals surface area contributed by atoms with Crippen LogP contribution in [0.4, 0.5) is 4.39 Å². The molecular formula is C15H18Cl2FN3OS. The number of nitrogens with two attached hydrogens (primary N) is 1. The molecule has 126 valence electrons. The average Bonchev–Trinajstić information content (AvgIpc) is 3.21. The number of halogens is 3. The van der Waals surface area contributed by atoms with Gasteiger partial charge in [0.25, 0.3) is 5.91 Å². The standard InChI is InChI=1S/C15H16FN3OS.2ClH/c16-11-4-2-1-3-10(11)15-18-8-13(21-15)14(20)19-12(7-17)9-5-6-9;;/h1-4,8-9,12H,5-7,17H2,(H,19,20);2*1H. The van der Waals surface area contributed by atoms with Crippen LogP contribution >= 0.6 is 36.2 Å². The van der Waals surface area contributed by atoms with Gasteiger partial charge in [0, 0.05) is 18.2 Å². The minimum Gasteiger partial charge on any atom is -0.347 e. The number of aromatic nitrogens is 1. The van der Waals surface area contributed by atoms with Crippen molar-refractivity contribution in [2.45, 2.75) is 18.9 Å². The van der Waals surface area contributed by atoms with Crippen molar-refractivity contribution in [1.82, 2.24) is 10.3 Å². The summed E-state index contributed by atoms with van der Waals surface area (Å²) >= 11 is 1.19. The Morgan fingerprint density at radius 3 is 2.70 bits per heavy atom. The van der Waals surface area contributed by atoms with Crippen LogP contribution in [0.15, 0.2) is 30.5 Å². The smallest absolute Gasteiger partial charge is 0.263 e. The van der Waals surface area contributed by atoms with Gasteiger partial charge in [-0.2, -0.15) is 0 Å². The molecule has 0 saturated heterocycles. The Morgan fingerprint density at radius 2 is 2.09 bits per heavy atom. The Hall–Kier alpha value is -1.21. The Labute approximate surface area is 150 Å². The monoisotopic (exact) mass is 377 g/mol. The quantitative estimate of drug-likeness (QED) is 0.839. The van der Waals surface area contributed by atoms with Crippen molar-refractivity contribution in [3.63, 3.8) is 0 Å². The summed E-state index contributed by atoms with van der Waals surface area (Å²) in [6.07, 6.45) is 3.72. The third kappa shape index (κ3) is 4.64. The van der Waals surface area contributed by atoms with Crippen LogP contribution in [0.1, 0.15) is 22.5 Å². The van der Waals surface area contributed by atoms with Crippen molar-refractivity contribution in [3.05, 3.63) is 41.2 Å². The van der Waals surface area contributed by atoms with E-state index in [0.29, 0.717) is 27.9 Å². The molecular weight excluding hydrogens is 360 g/mol. The number of thiazole rings is 1. The lowest BCUT2D eigenvalue weighted by atomic mass is 10.2. The van der Waals surface area contributed by atoms with Crippen molar-refractivity contribution >= 4 is 42.1 Å². The Balaban J connectivity index is 0.00000132. The minimum atomic E-state index is -0.336. The fraction of sp³-hybridized carbons (Fsp3) is 0.333. The summed E-state index contributed by atoms with van der Waals surface area (Å²) in [5, 5.41) is 3.45. The van der Waals surface area contributed by atoms with E-state index in [1.807, 2.05) is 0 Å². The Bertz CT molecular complexity index is 664. The fourth-order valence-corrected chi connectivity index (χ4v) is 3.09. The molecule has 1 heterocycles. The maximum Gasteiger partial charge on any atom is 0.263 e. The van der Waals surface area contributed by atoms with E-state index < -0.39 is 0 Å². The number of benzene rings is 1. The predicted molar refractivity (Wildman–Crippen MR) is 95.0 cm³/mol. The number of hydrogen-bond acceptors (Lipinski definition) is 4. The van der Waals surface area contributed by atoms with E-state index in [-0.39, 0.29) is 42.6 Å². The molecule has 1 amide bonds. The number of nitrogens with zero attached hydrogens (tertiary/aromatic N) is 1. The summed E-state index contributed by atoms with van der Waals surface area (Å²) in [7, 11) is 0. The molecule has 8 heteroatoms. The first kappa shape index (κ1) is 19.8. The van der Waals surface area contributed by atoms with Crippen LogP contribution in [-0.4, -0.2) is 23.5 Å². The molecule has 0 bridgehead atoms. The molecule has 1 aliphatic carbocycles. The zero-order valence-electron chi connectivity index (χ0n) is 12.2. The molecule has 0 aliphatic heterocycles. The maximum atomic E-state index is 13.7. The van der Waals surface area contributed by atoms with Gasteiger partial charge in [0.15, 0.2) is 0 Å². The zero-order chi connectivity index (χ0) is 14.8. The van der Waals surface area contributed by atoms with Crippen LogP contribution in [0.25, 0.3) is 10.6 Å². The molecule has 2 aromatic rings. The topological polar surface area (TPSA) is 68.0 Å². The Morgan fingerprint density at radius 1 is 1.39 bits per heavy atom. The number of nitrogens with one attached hydrogen (secondary N) is 1. The van der Waals surface area contributed by atoms with Gasteiger partial charge in [-0.3, -0.25) is 4.79 Å². The fourth-order valence-electron chi connectivity index (χ4n) is 2.25. The summed E-state index contributed by atoms with van der Waals surface area (Å²) in [5.41, 5.74) is 6.10. The summed E-state index contributed by atoms with van der Waals surface area (Å²) in [4.78, 5) is 16.8. The molecule has 23 heavy (non-hydrogen) atoms. The normalized spacial score (nSPS) is 14.3. The molecule has 1 unspecified atom stereocenters. The van der Waals surface area contributed by atoms with Crippen LogP contribution in [0.5, 0.6) is 0 Å². The summed E-state index contributed by atoms with van der Waals surface area (Å²) < 4.78 is 13.7. The maximum absolute atomic E-state index is 13.7. The number of carbonyl (C=O) groups excluding carboxylic acids is 1. The highest BCUT2D eigenvalue weighted by molar-refractivity contribution is 7.16. The SMILES string of the molecule is Cl.Cl.NCC(NC(=O)c1cnc(-c2ccccc2F)s1)C1CC1. The zero-order valence-corrected chi connectivity index (χ0v) is 14.6. The van der Waals surface area contributed by atoms with Crippen molar-refractivity contribution in [1.29, 1.82) is 0 Å².